The molecule has 1 aliphatic rings. The smallest absolute Gasteiger partial charge is 0.310 e. The maximum atomic E-state index is 13.5. The van der Waals surface area contributed by atoms with E-state index in [1.807, 2.05) is 36.4 Å². The zero-order chi connectivity index (χ0) is 21.1. The highest BCUT2D eigenvalue weighted by atomic mass is 16.5. The Morgan fingerprint density at radius 3 is 2.23 bits per heavy atom. The summed E-state index contributed by atoms with van der Waals surface area (Å²) in [4.78, 5) is 38.7. The molecule has 0 N–H and O–H groups in total. The van der Waals surface area contributed by atoms with E-state index in [4.69, 9.17) is 9.47 Å². The molecule has 2 unspecified atom stereocenters. The van der Waals surface area contributed by atoms with Crippen molar-refractivity contribution in [2.75, 3.05) is 7.11 Å². The fraction of sp³-hybridized carbons (Fsp3) is 0.160. The lowest BCUT2D eigenvalue weighted by Crippen LogP contribution is -2.37. The normalized spacial score (nSPS) is 17.6. The highest BCUT2D eigenvalue weighted by molar-refractivity contribution is 6.18. The number of Topliss-reactive ketones (excluding diaryl/α,β-unsaturated/α-hetero) is 2. The fourth-order valence-corrected chi connectivity index (χ4v) is 3.73. The van der Waals surface area contributed by atoms with E-state index >= 15 is 0 Å². The van der Waals surface area contributed by atoms with Crippen molar-refractivity contribution in [2.24, 2.45) is 5.92 Å². The van der Waals surface area contributed by atoms with Crippen LogP contribution in [-0.2, 0) is 16.0 Å². The first-order valence-electron chi connectivity index (χ1n) is 9.64. The second-order valence-corrected chi connectivity index (χ2v) is 7.07. The summed E-state index contributed by atoms with van der Waals surface area (Å²) >= 11 is 0. The molecular weight excluding hydrogens is 380 g/mol. The first-order valence-corrected chi connectivity index (χ1v) is 9.64. The first-order chi connectivity index (χ1) is 14.6. The predicted molar refractivity (Wildman–Crippen MR) is 111 cm³/mol. The molecule has 3 aromatic carbocycles. The molecule has 0 bridgehead atoms. The number of hydrogen-bond donors (Lipinski definition) is 0. The van der Waals surface area contributed by atoms with Crippen LogP contribution in [0.4, 0.5) is 0 Å². The molecule has 1 heterocycles. The molecule has 1 aliphatic heterocycles. The summed E-state index contributed by atoms with van der Waals surface area (Å²) in [7, 11) is 1.31. The number of fused-ring (bicyclic) bond motifs is 1. The molecule has 4 rings (SSSR count). The molecule has 3 aromatic rings. The lowest BCUT2D eigenvalue weighted by molar-refractivity contribution is -0.139. The molecule has 0 amide bonds. The molecule has 0 radical (unpaired) electrons. The van der Waals surface area contributed by atoms with Gasteiger partial charge in [0.2, 0.25) is 0 Å². The Hall–Kier alpha value is -3.73. The topological polar surface area (TPSA) is 69.7 Å². The summed E-state index contributed by atoms with van der Waals surface area (Å²) in [6, 6.07) is 23.0. The van der Waals surface area contributed by atoms with E-state index in [0.717, 1.165) is 5.56 Å². The van der Waals surface area contributed by atoms with Crippen LogP contribution >= 0.6 is 0 Å². The van der Waals surface area contributed by atoms with Crippen LogP contribution in [0.2, 0.25) is 0 Å². The van der Waals surface area contributed by atoms with Crippen LogP contribution in [0.5, 0.6) is 5.75 Å². The maximum absolute atomic E-state index is 13.5. The molecular formula is C25H20O5. The van der Waals surface area contributed by atoms with Crippen molar-refractivity contribution < 1.29 is 23.9 Å². The van der Waals surface area contributed by atoms with E-state index in [1.165, 1.54) is 7.11 Å². The van der Waals surface area contributed by atoms with Crippen molar-refractivity contribution >= 4 is 17.5 Å². The van der Waals surface area contributed by atoms with E-state index in [2.05, 4.69) is 0 Å². The molecule has 150 valence electrons. The second-order valence-electron chi connectivity index (χ2n) is 7.07. The molecule has 5 nitrogen and oxygen atoms in total. The second kappa shape index (κ2) is 8.33. The first kappa shape index (κ1) is 19.6. The van der Waals surface area contributed by atoms with Gasteiger partial charge in [-0.3, -0.25) is 14.4 Å². The summed E-state index contributed by atoms with van der Waals surface area (Å²) in [5.74, 6) is -1.73. The number of carbonyl (C=O) groups is 3. The Morgan fingerprint density at radius 1 is 0.900 bits per heavy atom. The van der Waals surface area contributed by atoms with Gasteiger partial charge in [0.05, 0.1) is 19.1 Å². The van der Waals surface area contributed by atoms with Crippen LogP contribution in [0.15, 0.2) is 78.9 Å². The molecule has 2 atom stereocenters. The van der Waals surface area contributed by atoms with E-state index in [-0.39, 0.29) is 18.0 Å². The van der Waals surface area contributed by atoms with Gasteiger partial charge in [-0.25, -0.2) is 0 Å². The van der Waals surface area contributed by atoms with Crippen LogP contribution in [0, 0.1) is 5.92 Å². The van der Waals surface area contributed by atoms with Gasteiger partial charge in [-0.2, -0.15) is 0 Å². The van der Waals surface area contributed by atoms with Gasteiger partial charge < -0.3 is 9.47 Å². The van der Waals surface area contributed by atoms with E-state index < -0.39 is 18.0 Å². The van der Waals surface area contributed by atoms with Crippen molar-refractivity contribution in [3.05, 3.63) is 101 Å². The highest BCUT2D eigenvalue weighted by Gasteiger charge is 2.43. The SMILES string of the molecule is COC(=O)Cc1cccc2c1OC(c1ccccc1)C(C(=O)c1ccccc1)C2=O. The fourth-order valence-electron chi connectivity index (χ4n) is 3.73. The number of para-hydroxylation sites is 1. The summed E-state index contributed by atoms with van der Waals surface area (Å²) in [6.45, 7) is 0. The zero-order valence-electron chi connectivity index (χ0n) is 16.4. The summed E-state index contributed by atoms with van der Waals surface area (Å²) < 4.78 is 11.0. The van der Waals surface area contributed by atoms with Gasteiger partial charge >= 0.3 is 5.97 Å². The van der Waals surface area contributed by atoms with E-state index in [9.17, 15) is 14.4 Å². The average Bonchev–Trinajstić information content (AvgIpc) is 2.80. The van der Waals surface area contributed by atoms with Crippen LogP contribution < -0.4 is 4.74 Å². The van der Waals surface area contributed by atoms with Crippen LogP contribution in [0.1, 0.15) is 37.9 Å². The lowest BCUT2D eigenvalue weighted by atomic mass is 9.80. The molecule has 0 aliphatic carbocycles. The van der Waals surface area contributed by atoms with Crippen molar-refractivity contribution in [3.8, 4) is 5.75 Å². The van der Waals surface area contributed by atoms with Gasteiger partial charge in [0.15, 0.2) is 11.6 Å². The number of carbonyl (C=O) groups excluding carboxylic acids is 3. The number of hydrogen-bond acceptors (Lipinski definition) is 5. The molecule has 0 saturated carbocycles. The molecule has 0 aromatic heterocycles. The van der Waals surface area contributed by atoms with Crippen LogP contribution in [0.3, 0.4) is 0 Å². The lowest BCUT2D eigenvalue weighted by Gasteiger charge is -2.33. The Balaban J connectivity index is 1.82. The quantitative estimate of drug-likeness (QED) is 0.364. The van der Waals surface area contributed by atoms with Crippen LogP contribution in [0.25, 0.3) is 0 Å². The average molecular weight is 400 g/mol. The third kappa shape index (κ3) is 3.62. The maximum Gasteiger partial charge on any atom is 0.310 e. The van der Waals surface area contributed by atoms with Gasteiger partial charge in [0, 0.05) is 11.1 Å². The molecule has 30 heavy (non-hydrogen) atoms. The number of methoxy groups -OCH3 is 1. The molecule has 0 spiro atoms. The standard InChI is InChI=1S/C25H20O5/c1-29-20(26)15-18-13-8-14-19-23(28)21(22(27)16-9-4-2-5-10-16)25(30-24(18)19)17-11-6-3-7-12-17/h2-14,21,25H,15H2,1H3. The molecule has 5 heteroatoms. The van der Waals surface area contributed by atoms with Crippen molar-refractivity contribution in [3.63, 3.8) is 0 Å². The summed E-state index contributed by atoms with van der Waals surface area (Å²) in [5.41, 5.74) is 2.03. The van der Waals surface area contributed by atoms with E-state index in [1.54, 1.807) is 42.5 Å². The Bertz CT molecular complexity index is 1090. The van der Waals surface area contributed by atoms with Gasteiger partial charge in [0.1, 0.15) is 17.8 Å². The minimum Gasteiger partial charge on any atom is -0.483 e. The van der Waals surface area contributed by atoms with Gasteiger partial charge in [-0.1, -0.05) is 72.8 Å². The summed E-state index contributed by atoms with van der Waals surface area (Å²) in [6.07, 6.45) is -0.816. The number of esters is 1. The highest BCUT2D eigenvalue weighted by Crippen LogP contribution is 2.42. The van der Waals surface area contributed by atoms with E-state index in [0.29, 0.717) is 22.4 Å². The van der Waals surface area contributed by atoms with Crippen molar-refractivity contribution in [1.29, 1.82) is 0 Å². The third-order valence-corrected chi connectivity index (χ3v) is 5.22. The van der Waals surface area contributed by atoms with Gasteiger partial charge in [-0.15, -0.1) is 0 Å². The Labute approximate surface area is 174 Å². The number of ether oxygens (including phenoxy) is 2. The predicted octanol–water partition coefficient (Wildman–Crippen LogP) is 4.22. The summed E-state index contributed by atoms with van der Waals surface area (Å²) in [5, 5.41) is 0. The molecule has 0 saturated heterocycles. The number of benzene rings is 3. The third-order valence-electron chi connectivity index (χ3n) is 5.22. The van der Waals surface area contributed by atoms with Crippen molar-refractivity contribution in [2.45, 2.75) is 12.5 Å². The molecule has 0 fully saturated rings. The minimum atomic E-state index is -1.02. The number of ketones is 2. The zero-order valence-corrected chi connectivity index (χ0v) is 16.4. The Morgan fingerprint density at radius 2 is 1.57 bits per heavy atom. The largest absolute Gasteiger partial charge is 0.483 e. The monoisotopic (exact) mass is 400 g/mol. The van der Waals surface area contributed by atoms with Gasteiger partial charge in [-0.05, 0) is 11.6 Å². The Kier molecular flexibility index (Phi) is 5.44. The van der Waals surface area contributed by atoms with Crippen molar-refractivity contribution in [1.82, 2.24) is 0 Å². The number of rotatable bonds is 5. The van der Waals surface area contributed by atoms with Gasteiger partial charge in [0.25, 0.3) is 0 Å². The minimum absolute atomic E-state index is 0.0221. The van der Waals surface area contributed by atoms with Crippen LogP contribution in [-0.4, -0.2) is 24.6 Å².